The van der Waals surface area contributed by atoms with E-state index < -0.39 is 0 Å². The Morgan fingerprint density at radius 3 is 2.69 bits per heavy atom. The molecule has 0 radical (unpaired) electrons. The molecule has 1 unspecified atom stereocenters. The van der Waals surface area contributed by atoms with E-state index in [1.807, 2.05) is 0 Å². The highest BCUT2D eigenvalue weighted by Crippen LogP contribution is 2.25. The first-order valence-electron chi connectivity index (χ1n) is 5.74. The van der Waals surface area contributed by atoms with Crippen molar-refractivity contribution in [1.82, 2.24) is 5.32 Å². The molecule has 13 heavy (non-hydrogen) atoms. The van der Waals surface area contributed by atoms with Gasteiger partial charge in [-0.05, 0) is 38.6 Å². The average Bonchev–Trinajstić information content (AvgIpc) is 2.64. The van der Waals surface area contributed by atoms with Gasteiger partial charge in [0.05, 0.1) is 0 Å². The van der Waals surface area contributed by atoms with Crippen LogP contribution in [0.3, 0.4) is 0 Å². The number of hydrogen-bond donors (Lipinski definition) is 1. The molecule has 0 aromatic heterocycles. The maximum absolute atomic E-state index is 3.47. The van der Waals surface area contributed by atoms with E-state index in [0.29, 0.717) is 6.04 Å². The van der Waals surface area contributed by atoms with Crippen LogP contribution in [0, 0.1) is 5.92 Å². The lowest BCUT2D eigenvalue weighted by Crippen LogP contribution is -2.24. The summed E-state index contributed by atoms with van der Waals surface area (Å²) < 4.78 is 0. The van der Waals surface area contributed by atoms with Gasteiger partial charge >= 0.3 is 0 Å². The number of nitrogens with one attached hydrogen (secondary N) is 1. The highest BCUT2D eigenvalue weighted by molar-refractivity contribution is 4.96. The molecule has 0 amide bonds. The zero-order valence-electron chi connectivity index (χ0n) is 9.05. The normalized spacial score (nSPS) is 21.4. The van der Waals surface area contributed by atoms with Gasteiger partial charge in [-0.3, -0.25) is 0 Å². The van der Waals surface area contributed by atoms with E-state index in [-0.39, 0.29) is 0 Å². The SMILES string of the molecule is CCCNC(C)/C=C/C1CCCC1. The maximum Gasteiger partial charge on any atom is 0.0221 e. The van der Waals surface area contributed by atoms with E-state index in [4.69, 9.17) is 0 Å². The predicted molar refractivity (Wildman–Crippen MR) is 58.9 cm³/mol. The summed E-state index contributed by atoms with van der Waals surface area (Å²) in [4.78, 5) is 0. The fourth-order valence-corrected chi connectivity index (χ4v) is 1.91. The highest BCUT2D eigenvalue weighted by atomic mass is 14.9. The summed E-state index contributed by atoms with van der Waals surface area (Å²) in [5.74, 6) is 0.880. The van der Waals surface area contributed by atoms with E-state index in [1.54, 1.807) is 0 Å². The van der Waals surface area contributed by atoms with Crippen LogP contribution in [0.5, 0.6) is 0 Å². The molecule has 1 heteroatoms. The maximum atomic E-state index is 3.47. The lowest BCUT2D eigenvalue weighted by Gasteiger charge is -2.08. The molecule has 76 valence electrons. The van der Waals surface area contributed by atoms with Crippen LogP contribution in [0.15, 0.2) is 12.2 Å². The molecule has 0 aliphatic heterocycles. The first-order chi connectivity index (χ1) is 6.33. The third kappa shape index (κ3) is 4.47. The Hall–Kier alpha value is -0.300. The monoisotopic (exact) mass is 181 g/mol. The molecule has 0 aromatic carbocycles. The molecule has 1 N–H and O–H groups in total. The zero-order chi connectivity index (χ0) is 9.52. The Morgan fingerprint density at radius 2 is 2.08 bits per heavy atom. The van der Waals surface area contributed by atoms with Crippen LogP contribution in [0.1, 0.15) is 46.0 Å². The second-order valence-electron chi connectivity index (χ2n) is 4.17. The Kier molecular flexibility index (Phi) is 5.14. The molecule has 1 aliphatic carbocycles. The Balaban J connectivity index is 2.13. The van der Waals surface area contributed by atoms with Crippen molar-refractivity contribution in [3.05, 3.63) is 12.2 Å². The molecule has 0 saturated heterocycles. The smallest absolute Gasteiger partial charge is 0.0221 e. The summed E-state index contributed by atoms with van der Waals surface area (Å²) in [7, 11) is 0. The van der Waals surface area contributed by atoms with Gasteiger partial charge in [-0.15, -0.1) is 0 Å². The minimum Gasteiger partial charge on any atom is -0.311 e. The second kappa shape index (κ2) is 6.20. The average molecular weight is 181 g/mol. The lowest BCUT2D eigenvalue weighted by molar-refractivity contribution is 0.612. The van der Waals surface area contributed by atoms with Crippen molar-refractivity contribution in [2.24, 2.45) is 5.92 Å². The van der Waals surface area contributed by atoms with E-state index in [1.165, 1.54) is 32.1 Å². The molecular weight excluding hydrogens is 158 g/mol. The van der Waals surface area contributed by atoms with Gasteiger partial charge in [0.25, 0.3) is 0 Å². The third-order valence-corrected chi connectivity index (χ3v) is 2.79. The quantitative estimate of drug-likeness (QED) is 0.643. The molecule has 1 fully saturated rings. The van der Waals surface area contributed by atoms with Crippen molar-refractivity contribution < 1.29 is 0 Å². The lowest BCUT2D eigenvalue weighted by atomic mass is 10.1. The molecular formula is C12H23N. The number of allylic oxidation sites excluding steroid dienone is 1. The summed E-state index contributed by atoms with van der Waals surface area (Å²) in [5.41, 5.74) is 0. The molecule has 0 bridgehead atoms. The highest BCUT2D eigenvalue weighted by Gasteiger charge is 2.11. The van der Waals surface area contributed by atoms with Crippen molar-refractivity contribution in [2.45, 2.75) is 52.0 Å². The summed E-state index contributed by atoms with van der Waals surface area (Å²) in [6.07, 6.45) is 11.7. The zero-order valence-corrected chi connectivity index (χ0v) is 9.05. The van der Waals surface area contributed by atoms with Gasteiger partial charge in [0.2, 0.25) is 0 Å². The van der Waals surface area contributed by atoms with Crippen LogP contribution in [0.25, 0.3) is 0 Å². The largest absolute Gasteiger partial charge is 0.311 e. The number of hydrogen-bond acceptors (Lipinski definition) is 1. The number of rotatable bonds is 5. The Labute approximate surface area is 82.6 Å². The Bertz CT molecular complexity index is 145. The van der Waals surface area contributed by atoms with Crippen LogP contribution in [0.4, 0.5) is 0 Å². The van der Waals surface area contributed by atoms with Crippen molar-refractivity contribution in [3.8, 4) is 0 Å². The van der Waals surface area contributed by atoms with Gasteiger partial charge in [0.1, 0.15) is 0 Å². The van der Waals surface area contributed by atoms with E-state index in [0.717, 1.165) is 12.5 Å². The second-order valence-corrected chi connectivity index (χ2v) is 4.17. The van der Waals surface area contributed by atoms with Gasteiger partial charge in [0, 0.05) is 6.04 Å². The van der Waals surface area contributed by atoms with Crippen LogP contribution in [0.2, 0.25) is 0 Å². The van der Waals surface area contributed by atoms with Gasteiger partial charge in [-0.2, -0.15) is 0 Å². The predicted octanol–water partition coefficient (Wildman–Crippen LogP) is 3.12. The third-order valence-electron chi connectivity index (χ3n) is 2.79. The molecule has 0 spiro atoms. The van der Waals surface area contributed by atoms with Gasteiger partial charge < -0.3 is 5.32 Å². The van der Waals surface area contributed by atoms with Crippen LogP contribution in [-0.2, 0) is 0 Å². The van der Waals surface area contributed by atoms with Crippen LogP contribution in [-0.4, -0.2) is 12.6 Å². The summed E-state index contributed by atoms with van der Waals surface area (Å²) in [6.45, 7) is 5.58. The van der Waals surface area contributed by atoms with Gasteiger partial charge in [-0.25, -0.2) is 0 Å². The molecule has 1 nitrogen and oxygen atoms in total. The first kappa shape index (κ1) is 10.8. The fourth-order valence-electron chi connectivity index (χ4n) is 1.91. The standard InChI is InChI=1S/C12H23N/c1-3-10-13-11(2)8-9-12-6-4-5-7-12/h8-9,11-13H,3-7,10H2,1-2H3/b9-8+. The summed E-state index contributed by atoms with van der Waals surface area (Å²) in [5, 5.41) is 3.47. The molecule has 1 aliphatic rings. The molecule has 1 rings (SSSR count). The van der Waals surface area contributed by atoms with Gasteiger partial charge in [0.15, 0.2) is 0 Å². The van der Waals surface area contributed by atoms with Crippen LogP contribution >= 0.6 is 0 Å². The topological polar surface area (TPSA) is 12.0 Å². The van der Waals surface area contributed by atoms with Crippen molar-refractivity contribution in [2.75, 3.05) is 6.54 Å². The van der Waals surface area contributed by atoms with Crippen LogP contribution < -0.4 is 5.32 Å². The molecule has 0 aromatic rings. The van der Waals surface area contributed by atoms with Gasteiger partial charge in [-0.1, -0.05) is 31.9 Å². The molecule has 1 saturated carbocycles. The summed E-state index contributed by atoms with van der Waals surface area (Å²) >= 11 is 0. The molecule has 0 heterocycles. The van der Waals surface area contributed by atoms with Crippen molar-refractivity contribution >= 4 is 0 Å². The fraction of sp³-hybridized carbons (Fsp3) is 0.833. The van der Waals surface area contributed by atoms with E-state index >= 15 is 0 Å². The first-order valence-corrected chi connectivity index (χ1v) is 5.74. The van der Waals surface area contributed by atoms with E-state index in [9.17, 15) is 0 Å². The summed E-state index contributed by atoms with van der Waals surface area (Å²) in [6, 6.07) is 0.556. The molecule has 1 atom stereocenters. The Morgan fingerprint density at radius 1 is 1.38 bits per heavy atom. The van der Waals surface area contributed by atoms with E-state index in [2.05, 4.69) is 31.3 Å². The van der Waals surface area contributed by atoms with Crippen molar-refractivity contribution in [3.63, 3.8) is 0 Å². The minimum atomic E-state index is 0.556. The minimum absolute atomic E-state index is 0.556. The van der Waals surface area contributed by atoms with Crippen molar-refractivity contribution in [1.29, 1.82) is 0 Å².